The lowest BCUT2D eigenvalue weighted by Crippen LogP contribution is -2.16. The van der Waals surface area contributed by atoms with Crippen LogP contribution in [0, 0.1) is 11.6 Å². The second kappa shape index (κ2) is 4.25. The van der Waals surface area contributed by atoms with Crippen molar-refractivity contribution in [3.05, 3.63) is 29.3 Å². The molecule has 0 radical (unpaired) electrons. The molecule has 0 heterocycles. The molecule has 15 heavy (non-hydrogen) atoms. The van der Waals surface area contributed by atoms with Crippen molar-refractivity contribution in [2.24, 2.45) is 5.73 Å². The van der Waals surface area contributed by atoms with Gasteiger partial charge in [-0.1, -0.05) is 0 Å². The van der Waals surface area contributed by atoms with Crippen LogP contribution in [0.15, 0.2) is 12.1 Å². The number of benzene rings is 1. The van der Waals surface area contributed by atoms with Crippen molar-refractivity contribution in [3.8, 4) is 5.75 Å². The highest BCUT2D eigenvalue weighted by Gasteiger charge is 2.16. The van der Waals surface area contributed by atoms with E-state index in [0.29, 0.717) is 0 Å². The van der Waals surface area contributed by atoms with Gasteiger partial charge in [-0.3, -0.25) is 4.79 Å². The maximum absolute atomic E-state index is 13.2. The standard InChI is InChI=1S/C10H11F2NO2/c1-5(2)15-6-3-7(11)9(10(13)14)8(12)4-6/h3-5H,1-2H3,(H2,13,14). The van der Waals surface area contributed by atoms with Crippen molar-refractivity contribution < 1.29 is 18.3 Å². The van der Waals surface area contributed by atoms with Gasteiger partial charge in [-0.2, -0.15) is 0 Å². The van der Waals surface area contributed by atoms with E-state index >= 15 is 0 Å². The fraction of sp³-hybridized carbons (Fsp3) is 0.300. The lowest BCUT2D eigenvalue weighted by Gasteiger charge is -2.10. The zero-order valence-electron chi connectivity index (χ0n) is 8.38. The Morgan fingerprint density at radius 2 is 1.80 bits per heavy atom. The van der Waals surface area contributed by atoms with Crippen molar-refractivity contribution in [1.82, 2.24) is 0 Å². The number of amides is 1. The first kappa shape index (κ1) is 11.4. The average molecular weight is 215 g/mol. The number of hydrogen-bond acceptors (Lipinski definition) is 2. The summed E-state index contributed by atoms with van der Waals surface area (Å²) in [5.74, 6) is -3.14. The van der Waals surface area contributed by atoms with Crippen LogP contribution in [-0.2, 0) is 0 Å². The molecule has 0 aliphatic rings. The quantitative estimate of drug-likeness (QED) is 0.836. The van der Waals surface area contributed by atoms with E-state index in [0.717, 1.165) is 12.1 Å². The smallest absolute Gasteiger partial charge is 0.254 e. The molecule has 82 valence electrons. The molecule has 0 spiro atoms. The molecule has 0 saturated carbocycles. The van der Waals surface area contributed by atoms with Gasteiger partial charge < -0.3 is 10.5 Å². The normalized spacial score (nSPS) is 10.5. The first-order valence-corrected chi connectivity index (χ1v) is 4.37. The van der Waals surface area contributed by atoms with Crippen LogP contribution in [-0.4, -0.2) is 12.0 Å². The predicted molar refractivity (Wildman–Crippen MR) is 50.6 cm³/mol. The van der Waals surface area contributed by atoms with Crippen LogP contribution >= 0.6 is 0 Å². The summed E-state index contributed by atoms with van der Waals surface area (Å²) < 4.78 is 31.5. The van der Waals surface area contributed by atoms with E-state index in [-0.39, 0.29) is 11.9 Å². The first-order chi connectivity index (χ1) is 6.91. The van der Waals surface area contributed by atoms with Gasteiger partial charge in [0, 0.05) is 12.1 Å². The summed E-state index contributed by atoms with van der Waals surface area (Å²) in [7, 11) is 0. The minimum absolute atomic E-state index is 0.0324. The van der Waals surface area contributed by atoms with Crippen molar-refractivity contribution in [2.45, 2.75) is 20.0 Å². The van der Waals surface area contributed by atoms with Crippen LogP contribution in [0.25, 0.3) is 0 Å². The lowest BCUT2D eigenvalue weighted by molar-refractivity contribution is 0.0992. The number of primary amides is 1. The van der Waals surface area contributed by atoms with Crippen molar-refractivity contribution in [2.75, 3.05) is 0 Å². The summed E-state index contributed by atoms with van der Waals surface area (Å²) in [5, 5.41) is 0. The molecule has 0 aliphatic carbocycles. The molecule has 0 saturated heterocycles. The van der Waals surface area contributed by atoms with E-state index in [1.165, 1.54) is 0 Å². The Bertz CT molecular complexity index is 368. The first-order valence-electron chi connectivity index (χ1n) is 4.37. The van der Waals surface area contributed by atoms with Gasteiger partial charge in [-0.15, -0.1) is 0 Å². The summed E-state index contributed by atoms with van der Waals surface area (Å²) >= 11 is 0. The second-order valence-corrected chi connectivity index (χ2v) is 3.29. The number of hydrogen-bond donors (Lipinski definition) is 1. The van der Waals surface area contributed by atoms with E-state index in [1.807, 2.05) is 0 Å². The number of halogens is 2. The maximum atomic E-state index is 13.2. The average Bonchev–Trinajstić information content (AvgIpc) is 1.99. The highest BCUT2D eigenvalue weighted by atomic mass is 19.1. The van der Waals surface area contributed by atoms with Gasteiger partial charge in [0.25, 0.3) is 5.91 Å². The minimum atomic E-state index is -1.14. The largest absolute Gasteiger partial charge is 0.491 e. The van der Waals surface area contributed by atoms with Crippen LogP contribution < -0.4 is 10.5 Å². The predicted octanol–water partition coefficient (Wildman–Crippen LogP) is 1.85. The summed E-state index contributed by atoms with van der Waals surface area (Å²) in [4.78, 5) is 10.7. The zero-order chi connectivity index (χ0) is 11.6. The zero-order valence-corrected chi connectivity index (χ0v) is 8.38. The van der Waals surface area contributed by atoms with E-state index in [4.69, 9.17) is 10.5 Å². The van der Waals surface area contributed by atoms with E-state index in [9.17, 15) is 13.6 Å². The maximum Gasteiger partial charge on any atom is 0.254 e. The van der Waals surface area contributed by atoms with Crippen LogP contribution in [0.5, 0.6) is 5.75 Å². The topological polar surface area (TPSA) is 52.3 Å². The number of nitrogens with two attached hydrogens (primary N) is 1. The molecule has 3 nitrogen and oxygen atoms in total. The molecular weight excluding hydrogens is 204 g/mol. The van der Waals surface area contributed by atoms with E-state index in [2.05, 4.69) is 0 Å². The molecule has 2 N–H and O–H groups in total. The van der Waals surface area contributed by atoms with Crippen LogP contribution in [0.2, 0.25) is 0 Å². The molecule has 0 bridgehead atoms. The van der Waals surface area contributed by atoms with Gasteiger partial charge in [-0.25, -0.2) is 8.78 Å². The molecule has 0 fully saturated rings. The third-order valence-corrected chi connectivity index (χ3v) is 1.63. The van der Waals surface area contributed by atoms with Gasteiger partial charge in [0.1, 0.15) is 22.9 Å². The van der Waals surface area contributed by atoms with Gasteiger partial charge in [0.2, 0.25) is 0 Å². The Morgan fingerprint density at radius 1 is 1.33 bits per heavy atom. The molecule has 1 rings (SSSR count). The second-order valence-electron chi connectivity index (χ2n) is 3.29. The number of carbonyl (C=O) groups is 1. The number of carbonyl (C=O) groups excluding carboxylic acids is 1. The Hall–Kier alpha value is -1.65. The van der Waals surface area contributed by atoms with E-state index < -0.39 is 23.1 Å². The summed E-state index contributed by atoms with van der Waals surface area (Å²) in [6, 6.07) is 1.87. The van der Waals surface area contributed by atoms with Crippen LogP contribution in [0.3, 0.4) is 0 Å². The fourth-order valence-electron chi connectivity index (χ4n) is 1.13. The number of ether oxygens (including phenoxy) is 1. The third kappa shape index (κ3) is 2.65. The Morgan fingerprint density at radius 3 is 2.13 bits per heavy atom. The van der Waals surface area contributed by atoms with Gasteiger partial charge in [-0.05, 0) is 13.8 Å². The van der Waals surface area contributed by atoms with Crippen LogP contribution in [0.1, 0.15) is 24.2 Å². The molecule has 0 aromatic heterocycles. The summed E-state index contributed by atoms with van der Waals surface area (Å²) in [6.07, 6.45) is -0.205. The van der Waals surface area contributed by atoms with Crippen molar-refractivity contribution in [1.29, 1.82) is 0 Å². The molecule has 1 aromatic carbocycles. The van der Waals surface area contributed by atoms with Crippen LogP contribution in [0.4, 0.5) is 8.78 Å². The highest BCUT2D eigenvalue weighted by molar-refractivity contribution is 5.93. The minimum Gasteiger partial charge on any atom is -0.491 e. The Balaban J connectivity index is 3.14. The SMILES string of the molecule is CC(C)Oc1cc(F)c(C(N)=O)c(F)c1. The third-order valence-electron chi connectivity index (χ3n) is 1.63. The van der Waals surface area contributed by atoms with Gasteiger partial charge in [0.05, 0.1) is 6.10 Å². The van der Waals surface area contributed by atoms with E-state index in [1.54, 1.807) is 13.8 Å². The molecule has 0 aliphatic heterocycles. The Labute approximate surface area is 85.8 Å². The monoisotopic (exact) mass is 215 g/mol. The van der Waals surface area contributed by atoms with Gasteiger partial charge in [0.15, 0.2) is 0 Å². The highest BCUT2D eigenvalue weighted by Crippen LogP contribution is 2.21. The molecular formula is C10H11F2NO2. The lowest BCUT2D eigenvalue weighted by atomic mass is 10.2. The Kier molecular flexibility index (Phi) is 3.24. The molecule has 1 aromatic rings. The van der Waals surface area contributed by atoms with Crippen molar-refractivity contribution in [3.63, 3.8) is 0 Å². The summed E-state index contributed by atoms with van der Waals surface area (Å²) in [6.45, 7) is 3.44. The molecule has 0 unspecified atom stereocenters. The molecule has 1 amide bonds. The molecule has 5 heteroatoms. The fourth-order valence-corrected chi connectivity index (χ4v) is 1.13. The number of rotatable bonds is 3. The van der Waals surface area contributed by atoms with Crippen molar-refractivity contribution >= 4 is 5.91 Å². The van der Waals surface area contributed by atoms with Gasteiger partial charge >= 0.3 is 0 Å². The molecule has 0 atom stereocenters. The summed E-state index contributed by atoms with van der Waals surface area (Å²) in [5.41, 5.74) is 4.06.